The van der Waals surface area contributed by atoms with Gasteiger partial charge in [0.05, 0.1) is 7.11 Å². The minimum absolute atomic E-state index is 0.136. The van der Waals surface area contributed by atoms with Crippen LogP contribution in [0, 0.1) is 23.6 Å². The van der Waals surface area contributed by atoms with Gasteiger partial charge in [-0.15, -0.1) is 0 Å². The topological polar surface area (TPSA) is 21.3 Å². The Hall–Kier alpha value is -1.09. The molecule has 1 aromatic carbocycles. The standard InChI is InChI=1S/C17H24FNO/c1-3-9-19-17(16-12-5-4-6-13(12)16)14-8-7-11(20-2)10-15(14)18/h7-8,10,12-13,16-17,19H,3-6,9H2,1-2H3. The van der Waals surface area contributed by atoms with E-state index in [1.54, 1.807) is 7.11 Å². The van der Waals surface area contributed by atoms with Gasteiger partial charge < -0.3 is 10.1 Å². The fourth-order valence-electron chi connectivity index (χ4n) is 4.01. The fourth-order valence-corrected chi connectivity index (χ4v) is 4.01. The molecule has 2 aliphatic carbocycles. The number of nitrogens with one attached hydrogen (secondary N) is 1. The lowest BCUT2D eigenvalue weighted by molar-refractivity contribution is 0.394. The maximum Gasteiger partial charge on any atom is 0.131 e. The molecule has 3 unspecified atom stereocenters. The third kappa shape index (κ3) is 2.44. The van der Waals surface area contributed by atoms with Gasteiger partial charge in [0.2, 0.25) is 0 Å². The molecule has 0 radical (unpaired) electrons. The molecule has 3 heteroatoms. The van der Waals surface area contributed by atoms with Gasteiger partial charge in [0.1, 0.15) is 11.6 Å². The van der Waals surface area contributed by atoms with Crippen molar-refractivity contribution in [1.82, 2.24) is 5.32 Å². The smallest absolute Gasteiger partial charge is 0.131 e. The van der Waals surface area contributed by atoms with Crippen LogP contribution in [0.3, 0.4) is 0 Å². The van der Waals surface area contributed by atoms with Crippen molar-refractivity contribution >= 4 is 0 Å². The molecule has 3 rings (SSSR count). The molecule has 20 heavy (non-hydrogen) atoms. The fraction of sp³-hybridized carbons (Fsp3) is 0.647. The number of methoxy groups -OCH3 is 1. The van der Waals surface area contributed by atoms with Gasteiger partial charge in [0, 0.05) is 17.7 Å². The summed E-state index contributed by atoms with van der Waals surface area (Å²) in [6, 6.07) is 5.46. The molecule has 1 N–H and O–H groups in total. The second-order valence-electron chi connectivity index (χ2n) is 6.16. The first-order valence-corrected chi connectivity index (χ1v) is 7.83. The average Bonchev–Trinajstić information content (AvgIpc) is 2.93. The summed E-state index contributed by atoms with van der Waals surface area (Å²) >= 11 is 0. The molecule has 0 amide bonds. The Morgan fingerprint density at radius 2 is 2.10 bits per heavy atom. The van der Waals surface area contributed by atoms with Crippen molar-refractivity contribution in [3.8, 4) is 5.75 Å². The Morgan fingerprint density at radius 1 is 1.35 bits per heavy atom. The second kappa shape index (κ2) is 5.72. The Morgan fingerprint density at radius 3 is 2.70 bits per heavy atom. The van der Waals surface area contributed by atoms with Crippen molar-refractivity contribution in [2.24, 2.45) is 17.8 Å². The number of rotatable bonds is 6. The van der Waals surface area contributed by atoms with Crippen molar-refractivity contribution in [1.29, 1.82) is 0 Å². The van der Waals surface area contributed by atoms with Crippen LogP contribution in [0.15, 0.2) is 18.2 Å². The highest BCUT2D eigenvalue weighted by Gasteiger charge is 2.56. The third-order valence-corrected chi connectivity index (χ3v) is 5.01. The molecule has 2 aliphatic rings. The Labute approximate surface area is 120 Å². The van der Waals surface area contributed by atoms with Crippen LogP contribution in [0.25, 0.3) is 0 Å². The van der Waals surface area contributed by atoms with E-state index >= 15 is 0 Å². The van der Waals surface area contributed by atoms with Crippen molar-refractivity contribution in [3.63, 3.8) is 0 Å². The predicted molar refractivity (Wildman–Crippen MR) is 78.3 cm³/mol. The highest BCUT2D eigenvalue weighted by Crippen LogP contribution is 2.62. The number of hydrogen-bond acceptors (Lipinski definition) is 2. The van der Waals surface area contributed by atoms with Gasteiger partial charge in [0.15, 0.2) is 0 Å². The van der Waals surface area contributed by atoms with Crippen LogP contribution in [0.1, 0.15) is 44.2 Å². The van der Waals surface area contributed by atoms with E-state index in [1.807, 2.05) is 12.1 Å². The van der Waals surface area contributed by atoms with Crippen LogP contribution in [-0.4, -0.2) is 13.7 Å². The van der Waals surface area contributed by atoms with Crippen molar-refractivity contribution in [2.75, 3.05) is 13.7 Å². The van der Waals surface area contributed by atoms with Gasteiger partial charge in [-0.3, -0.25) is 0 Å². The molecule has 1 aromatic rings. The lowest BCUT2D eigenvalue weighted by Gasteiger charge is -2.22. The minimum atomic E-state index is -0.136. The van der Waals surface area contributed by atoms with Gasteiger partial charge in [-0.25, -0.2) is 4.39 Å². The van der Waals surface area contributed by atoms with Crippen LogP contribution in [0.5, 0.6) is 5.75 Å². The van der Waals surface area contributed by atoms with Gasteiger partial charge in [-0.05, 0) is 49.6 Å². The van der Waals surface area contributed by atoms with E-state index in [9.17, 15) is 4.39 Å². The van der Waals surface area contributed by atoms with E-state index in [1.165, 1.54) is 25.3 Å². The molecule has 0 spiro atoms. The Bertz CT molecular complexity index is 466. The predicted octanol–water partition coefficient (Wildman–Crippen LogP) is 3.92. The highest BCUT2D eigenvalue weighted by molar-refractivity contribution is 5.32. The van der Waals surface area contributed by atoms with E-state index in [2.05, 4.69) is 12.2 Å². The molecule has 0 saturated heterocycles. The SMILES string of the molecule is CCCNC(c1ccc(OC)cc1F)C1C2CCCC21. The van der Waals surface area contributed by atoms with Crippen molar-refractivity contribution in [3.05, 3.63) is 29.6 Å². The van der Waals surface area contributed by atoms with E-state index < -0.39 is 0 Å². The number of fused-ring (bicyclic) bond motifs is 1. The number of ether oxygens (including phenoxy) is 1. The number of hydrogen-bond donors (Lipinski definition) is 1. The first-order valence-electron chi connectivity index (χ1n) is 7.83. The van der Waals surface area contributed by atoms with Crippen molar-refractivity contribution < 1.29 is 9.13 Å². The summed E-state index contributed by atoms with van der Waals surface area (Å²) in [4.78, 5) is 0. The van der Waals surface area contributed by atoms with E-state index in [0.717, 1.165) is 30.4 Å². The minimum Gasteiger partial charge on any atom is -0.497 e. The largest absolute Gasteiger partial charge is 0.497 e. The zero-order valence-electron chi connectivity index (χ0n) is 12.4. The first-order chi connectivity index (χ1) is 9.76. The molecule has 2 fully saturated rings. The lowest BCUT2D eigenvalue weighted by Crippen LogP contribution is -2.26. The Kier molecular flexibility index (Phi) is 3.97. The molecule has 2 saturated carbocycles. The van der Waals surface area contributed by atoms with Crippen LogP contribution in [0.2, 0.25) is 0 Å². The summed E-state index contributed by atoms with van der Waals surface area (Å²) in [5.41, 5.74) is 0.818. The van der Waals surface area contributed by atoms with Crippen LogP contribution in [-0.2, 0) is 0 Å². The maximum atomic E-state index is 14.4. The molecule has 0 bridgehead atoms. The zero-order valence-corrected chi connectivity index (χ0v) is 12.4. The Balaban J connectivity index is 1.81. The van der Waals surface area contributed by atoms with Gasteiger partial charge in [0.25, 0.3) is 0 Å². The molecule has 0 aliphatic heterocycles. The molecule has 110 valence electrons. The van der Waals surface area contributed by atoms with Crippen molar-refractivity contribution in [2.45, 2.75) is 38.6 Å². The average molecular weight is 277 g/mol. The summed E-state index contributed by atoms with van der Waals surface area (Å²) in [5.74, 6) is 2.74. The molecule has 0 heterocycles. The quantitative estimate of drug-likeness (QED) is 0.851. The van der Waals surface area contributed by atoms with Gasteiger partial charge >= 0.3 is 0 Å². The zero-order chi connectivity index (χ0) is 14.1. The maximum absolute atomic E-state index is 14.4. The summed E-state index contributed by atoms with van der Waals surface area (Å²) in [6.45, 7) is 3.11. The second-order valence-corrected chi connectivity index (χ2v) is 6.16. The monoisotopic (exact) mass is 277 g/mol. The van der Waals surface area contributed by atoms with E-state index in [4.69, 9.17) is 4.74 Å². The summed E-state index contributed by atoms with van der Waals surface area (Å²) < 4.78 is 19.5. The van der Waals surface area contributed by atoms with Crippen LogP contribution in [0.4, 0.5) is 4.39 Å². The normalized spacial score (nSPS) is 29.1. The van der Waals surface area contributed by atoms with Crippen LogP contribution < -0.4 is 10.1 Å². The van der Waals surface area contributed by atoms with Crippen LogP contribution >= 0.6 is 0 Å². The number of halogens is 1. The molecule has 2 nitrogen and oxygen atoms in total. The first kappa shape index (κ1) is 13.9. The van der Waals surface area contributed by atoms with Gasteiger partial charge in [-0.1, -0.05) is 19.4 Å². The molecular weight excluding hydrogens is 253 g/mol. The molecule has 3 atom stereocenters. The summed E-state index contributed by atoms with van der Waals surface area (Å²) in [6.07, 6.45) is 5.10. The highest BCUT2D eigenvalue weighted by atomic mass is 19.1. The van der Waals surface area contributed by atoms with E-state index in [-0.39, 0.29) is 11.9 Å². The molecule has 0 aromatic heterocycles. The number of benzene rings is 1. The lowest BCUT2D eigenvalue weighted by atomic mass is 9.96. The third-order valence-electron chi connectivity index (χ3n) is 5.01. The molecular formula is C17H24FNO. The summed E-state index contributed by atoms with van der Waals surface area (Å²) in [7, 11) is 1.58. The van der Waals surface area contributed by atoms with Gasteiger partial charge in [-0.2, -0.15) is 0 Å². The summed E-state index contributed by atoms with van der Waals surface area (Å²) in [5, 5.41) is 3.57. The van der Waals surface area contributed by atoms with E-state index in [0.29, 0.717) is 11.7 Å².